The zero-order valence-electron chi connectivity index (χ0n) is 9.65. The van der Waals surface area contributed by atoms with Crippen molar-refractivity contribution in [1.82, 2.24) is 15.3 Å². The Balaban J connectivity index is 2.23. The Bertz CT molecular complexity index is 482. The third-order valence-electron chi connectivity index (χ3n) is 2.37. The predicted molar refractivity (Wildman–Crippen MR) is 72.5 cm³/mol. The molecule has 0 radical (unpaired) electrons. The zero-order chi connectivity index (χ0) is 12.1. The Morgan fingerprint density at radius 1 is 1.18 bits per heavy atom. The number of nitrogens with one attached hydrogen (secondary N) is 1. The maximum absolute atomic E-state index is 4.52. The van der Waals surface area contributed by atoms with E-state index in [1.54, 1.807) is 6.20 Å². The van der Waals surface area contributed by atoms with E-state index in [2.05, 4.69) is 38.1 Å². The zero-order valence-corrected chi connectivity index (χ0v) is 11.2. The molecule has 0 fully saturated rings. The summed E-state index contributed by atoms with van der Waals surface area (Å²) in [5.41, 5.74) is 2.05. The highest BCUT2D eigenvalue weighted by atomic mass is 79.9. The molecule has 1 N–H and O–H groups in total. The van der Waals surface area contributed by atoms with Crippen molar-refractivity contribution in [3.63, 3.8) is 0 Å². The van der Waals surface area contributed by atoms with Crippen LogP contribution < -0.4 is 5.32 Å². The molecule has 0 aliphatic carbocycles. The topological polar surface area (TPSA) is 37.8 Å². The smallest absolute Gasteiger partial charge is 0.159 e. The fourth-order valence-corrected chi connectivity index (χ4v) is 1.75. The molecule has 0 unspecified atom stereocenters. The lowest BCUT2D eigenvalue weighted by molar-refractivity contribution is 0.709. The molecule has 1 aromatic heterocycles. The SMILES string of the molecule is CCNCc1ccnc(-c2ccc(Br)cc2)n1. The maximum Gasteiger partial charge on any atom is 0.159 e. The van der Waals surface area contributed by atoms with Crippen LogP contribution in [0.1, 0.15) is 12.6 Å². The van der Waals surface area contributed by atoms with Gasteiger partial charge < -0.3 is 5.32 Å². The second kappa shape index (κ2) is 5.89. The molecule has 0 aliphatic heterocycles. The summed E-state index contributed by atoms with van der Waals surface area (Å²) in [7, 11) is 0. The van der Waals surface area contributed by atoms with Crippen LogP contribution in [0.5, 0.6) is 0 Å². The molecular formula is C13H14BrN3. The van der Waals surface area contributed by atoms with Crippen molar-refractivity contribution in [3.8, 4) is 11.4 Å². The Kier molecular flexibility index (Phi) is 4.23. The van der Waals surface area contributed by atoms with E-state index in [0.717, 1.165) is 34.6 Å². The third-order valence-corrected chi connectivity index (χ3v) is 2.90. The summed E-state index contributed by atoms with van der Waals surface area (Å²) in [5.74, 6) is 0.771. The summed E-state index contributed by atoms with van der Waals surface area (Å²) in [6.45, 7) is 3.80. The van der Waals surface area contributed by atoms with Crippen LogP contribution in [0.4, 0.5) is 0 Å². The van der Waals surface area contributed by atoms with E-state index in [9.17, 15) is 0 Å². The summed E-state index contributed by atoms with van der Waals surface area (Å²) < 4.78 is 1.06. The van der Waals surface area contributed by atoms with Gasteiger partial charge in [-0.3, -0.25) is 0 Å². The molecule has 1 aromatic carbocycles. The summed E-state index contributed by atoms with van der Waals surface area (Å²) in [5, 5.41) is 3.25. The first-order chi connectivity index (χ1) is 8.29. The van der Waals surface area contributed by atoms with Gasteiger partial charge in [-0.05, 0) is 24.7 Å². The van der Waals surface area contributed by atoms with Crippen LogP contribution >= 0.6 is 15.9 Å². The number of aromatic nitrogens is 2. The van der Waals surface area contributed by atoms with Gasteiger partial charge in [-0.1, -0.05) is 35.0 Å². The van der Waals surface area contributed by atoms with E-state index in [4.69, 9.17) is 0 Å². The molecule has 0 atom stereocenters. The van der Waals surface area contributed by atoms with Gasteiger partial charge in [-0.2, -0.15) is 0 Å². The van der Waals surface area contributed by atoms with E-state index >= 15 is 0 Å². The normalized spacial score (nSPS) is 10.5. The molecule has 0 bridgehead atoms. The summed E-state index contributed by atoms with van der Waals surface area (Å²) >= 11 is 3.42. The van der Waals surface area contributed by atoms with Crippen molar-refractivity contribution in [2.75, 3.05) is 6.54 Å². The van der Waals surface area contributed by atoms with Crippen LogP contribution in [0.25, 0.3) is 11.4 Å². The van der Waals surface area contributed by atoms with Crippen LogP contribution in [-0.2, 0) is 6.54 Å². The Morgan fingerprint density at radius 3 is 2.65 bits per heavy atom. The summed E-state index contributed by atoms with van der Waals surface area (Å²) in [6.07, 6.45) is 1.80. The van der Waals surface area contributed by atoms with Crippen LogP contribution in [0.2, 0.25) is 0 Å². The minimum atomic E-state index is 0.771. The van der Waals surface area contributed by atoms with Crippen molar-refractivity contribution in [1.29, 1.82) is 0 Å². The fourth-order valence-electron chi connectivity index (χ4n) is 1.49. The molecule has 88 valence electrons. The first-order valence-electron chi connectivity index (χ1n) is 5.58. The van der Waals surface area contributed by atoms with E-state index in [1.165, 1.54) is 0 Å². The summed E-state index contributed by atoms with van der Waals surface area (Å²) in [6, 6.07) is 9.95. The van der Waals surface area contributed by atoms with Gasteiger partial charge in [0.05, 0.1) is 5.69 Å². The molecule has 2 rings (SSSR count). The second-order valence-corrected chi connectivity index (χ2v) is 4.57. The lowest BCUT2D eigenvalue weighted by Gasteiger charge is -2.04. The van der Waals surface area contributed by atoms with E-state index in [0.29, 0.717) is 0 Å². The number of halogens is 1. The van der Waals surface area contributed by atoms with Crippen LogP contribution in [0, 0.1) is 0 Å². The average molecular weight is 292 g/mol. The van der Waals surface area contributed by atoms with E-state index in [-0.39, 0.29) is 0 Å². The van der Waals surface area contributed by atoms with Gasteiger partial charge in [0.1, 0.15) is 0 Å². The quantitative estimate of drug-likeness (QED) is 0.941. The van der Waals surface area contributed by atoms with Crippen LogP contribution in [0.3, 0.4) is 0 Å². The number of rotatable bonds is 4. The molecule has 3 nitrogen and oxygen atoms in total. The molecule has 0 saturated heterocycles. The van der Waals surface area contributed by atoms with Gasteiger partial charge in [0.25, 0.3) is 0 Å². The Morgan fingerprint density at radius 2 is 1.94 bits per heavy atom. The molecule has 0 saturated carbocycles. The maximum atomic E-state index is 4.52. The minimum absolute atomic E-state index is 0.771. The average Bonchev–Trinajstić information content (AvgIpc) is 2.37. The highest BCUT2D eigenvalue weighted by Gasteiger charge is 2.02. The van der Waals surface area contributed by atoms with Crippen LogP contribution in [0.15, 0.2) is 41.0 Å². The third kappa shape index (κ3) is 3.35. The molecule has 0 spiro atoms. The first kappa shape index (κ1) is 12.2. The van der Waals surface area contributed by atoms with Gasteiger partial charge in [-0.15, -0.1) is 0 Å². The van der Waals surface area contributed by atoms with Gasteiger partial charge in [-0.25, -0.2) is 9.97 Å². The first-order valence-corrected chi connectivity index (χ1v) is 6.37. The standard InChI is InChI=1S/C13H14BrN3/c1-2-15-9-12-7-8-16-13(17-12)10-3-5-11(14)6-4-10/h3-8,15H,2,9H2,1H3. The monoisotopic (exact) mass is 291 g/mol. The number of hydrogen-bond acceptors (Lipinski definition) is 3. The molecule has 1 heterocycles. The predicted octanol–water partition coefficient (Wildman–Crippen LogP) is 3.02. The van der Waals surface area contributed by atoms with Gasteiger partial charge in [0, 0.05) is 22.8 Å². The van der Waals surface area contributed by atoms with E-state index < -0.39 is 0 Å². The largest absolute Gasteiger partial charge is 0.311 e. The highest BCUT2D eigenvalue weighted by Crippen LogP contribution is 2.18. The van der Waals surface area contributed by atoms with Crippen molar-refractivity contribution >= 4 is 15.9 Å². The number of nitrogens with zero attached hydrogens (tertiary/aromatic N) is 2. The fraction of sp³-hybridized carbons (Fsp3) is 0.231. The molecular weight excluding hydrogens is 278 g/mol. The Hall–Kier alpha value is -1.26. The van der Waals surface area contributed by atoms with Crippen molar-refractivity contribution in [2.24, 2.45) is 0 Å². The van der Waals surface area contributed by atoms with Crippen molar-refractivity contribution in [3.05, 3.63) is 46.7 Å². The van der Waals surface area contributed by atoms with Crippen molar-refractivity contribution < 1.29 is 0 Å². The Labute approximate surface area is 109 Å². The lowest BCUT2D eigenvalue weighted by Crippen LogP contribution is -2.13. The van der Waals surface area contributed by atoms with Crippen molar-refractivity contribution in [2.45, 2.75) is 13.5 Å². The molecule has 4 heteroatoms. The summed E-state index contributed by atoms with van der Waals surface area (Å²) in [4.78, 5) is 8.81. The van der Waals surface area contributed by atoms with Gasteiger partial charge in [0.15, 0.2) is 5.82 Å². The number of hydrogen-bond donors (Lipinski definition) is 1. The van der Waals surface area contributed by atoms with Crippen LogP contribution in [-0.4, -0.2) is 16.5 Å². The van der Waals surface area contributed by atoms with Gasteiger partial charge >= 0.3 is 0 Å². The minimum Gasteiger partial charge on any atom is -0.311 e. The van der Waals surface area contributed by atoms with Gasteiger partial charge in [0.2, 0.25) is 0 Å². The lowest BCUT2D eigenvalue weighted by atomic mass is 10.2. The second-order valence-electron chi connectivity index (χ2n) is 3.66. The number of benzene rings is 1. The molecule has 0 amide bonds. The molecule has 0 aliphatic rings. The van der Waals surface area contributed by atoms with E-state index in [1.807, 2.05) is 30.3 Å². The molecule has 17 heavy (non-hydrogen) atoms. The highest BCUT2D eigenvalue weighted by molar-refractivity contribution is 9.10. The molecule has 2 aromatic rings.